The molecule has 0 aromatic carbocycles. The molecule has 3 aliphatic rings. The molecule has 3 saturated carbocycles. The predicted molar refractivity (Wildman–Crippen MR) is 83.3 cm³/mol. The van der Waals surface area contributed by atoms with E-state index < -0.39 is 6.10 Å². The number of nitrogens with zero attached hydrogens (tertiary/aromatic N) is 3. The third-order valence-corrected chi connectivity index (χ3v) is 5.15. The lowest BCUT2D eigenvalue weighted by atomic mass is 9.35. The van der Waals surface area contributed by atoms with Gasteiger partial charge in [0.05, 0.1) is 6.54 Å². The number of rotatable bonds is 6. The fraction of sp³-hybridized carbons (Fsp3) is 0.529. The number of imidazole rings is 1. The van der Waals surface area contributed by atoms with E-state index in [2.05, 4.69) is 16.2 Å². The third kappa shape index (κ3) is 2.42. The maximum atomic E-state index is 9.67. The summed E-state index contributed by atoms with van der Waals surface area (Å²) in [7, 11) is 0. The Kier molecular flexibility index (Phi) is 3.21. The quantitative estimate of drug-likeness (QED) is 0.853. The molecular weight excluding hydrogens is 294 g/mol. The first kappa shape index (κ1) is 14.7. The van der Waals surface area contributed by atoms with Gasteiger partial charge in [-0.3, -0.25) is 0 Å². The molecule has 0 spiro atoms. The second-order valence-corrected chi connectivity index (χ2v) is 7.19. The van der Waals surface area contributed by atoms with Crippen LogP contribution < -0.4 is 0 Å². The molecule has 0 radical (unpaired) electrons. The van der Waals surface area contributed by atoms with Crippen molar-refractivity contribution >= 4 is 6.08 Å². The van der Waals surface area contributed by atoms with Gasteiger partial charge in [-0.1, -0.05) is 11.2 Å². The van der Waals surface area contributed by atoms with Crippen LogP contribution in [0.1, 0.15) is 49.6 Å². The zero-order valence-electron chi connectivity index (χ0n) is 13.1. The molecule has 0 amide bonds. The van der Waals surface area contributed by atoms with E-state index >= 15 is 0 Å². The van der Waals surface area contributed by atoms with Gasteiger partial charge in [0, 0.05) is 25.1 Å². The topological polar surface area (TPSA) is 84.3 Å². The molecule has 3 fully saturated rings. The number of hydrogen-bond acceptors (Lipinski definition) is 5. The van der Waals surface area contributed by atoms with Crippen LogP contribution >= 0.6 is 0 Å². The molecule has 2 aromatic heterocycles. The Morgan fingerprint density at radius 3 is 2.91 bits per heavy atom. The van der Waals surface area contributed by atoms with Gasteiger partial charge in [0.15, 0.2) is 5.76 Å². The summed E-state index contributed by atoms with van der Waals surface area (Å²) < 4.78 is 7.23. The van der Waals surface area contributed by atoms with Crippen molar-refractivity contribution in [1.29, 1.82) is 0 Å². The molecule has 23 heavy (non-hydrogen) atoms. The molecule has 6 heteroatoms. The molecule has 5 rings (SSSR count). The Labute approximate surface area is 134 Å². The van der Waals surface area contributed by atoms with E-state index in [0.29, 0.717) is 19.0 Å². The number of aliphatic hydroxyl groups excluding tert-OH is 2. The molecule has 6 nitrogen and oxygen atoms in total. The molecule has 2 N–H and O–H groups in total. The van der Waals surface area contributed by atoms with E-state index in [1.807, 2.05) is 22.9 Å². The zero-order chi connectivity index (χ0) is 16.1. The van der Waals surface area contributed by atoms with E-state index in [0.717, 1.165) is 30.7 Å². The molecule has 2 aromatic rings. The average Bonchev–Trinajstić information content (AvgIpc) is 3.06. The second-order valence-electron chi connectivity index (χ2n) is 7.19. The molecule has 3 aliphatic carbocycles. The lowest BCUT2D eigenvalue weighted by molar-refractivity contribution is -0.191. The van der Waals surface area contributed by atoms with Crippen LogP contribution in [0.15, 0.2) is 29.1 Å². The number of aliphatic hydroxyl groups is 2. The molecule has 2 heterocycles. The van der Waals surface area contributed by atoms with E-state index in [1.165, 1.54) is 0 Å². The summed E-state index contributed by atoms with van der Waals surface area (Å²) in [6.45, 7) is 2.53. The zero-order valence-corrected chi connectivity index (χ0v) is 13.1. The average molecular weight is 315 g/mol. The van der Waals surface area contributed by atoms with Crippen LogP contribution in [0.3, 0.4) is 0 Å². The minimum absolute atomic E-state index is 0.218. The lowest BCUT2D eigenvalue weighted by Gasteiger charge is -2.69. The van der Waals surface area contributed by atoms with E-state index in [4.69, 9.17) is 4.52 Å². The maximum absolute atomic E-state index is 9.67. The Morgan fingerprint density at radius 1 is 1.43 bits per heavy atom. The number of hydrogen-bond donors (Lipinski definition) is 2. The monoisotopic (exact) mass is 315 g/mol. The minimum Gasteiger partial charge on any atom is -0.396 e. The fourth-order valence-corrected chi connectivity index (χ4v) is 4.17. The van der Waals surface area contributed by atoms with Gasteiger partial charge < -0.3 is 19.3 Å². The van der Waals surface area contributed by atoms with E-state index in [1.54, 1.807) is 13.1 Å². The summed E-state index contributed by atoms with van der Waals surface area (Å²) in [4.78, 5) is 4.15. The molecule has 2 bridgehead atoms. The summed E-state index contributed by atoms with van der Waals surface area (Å²) >= 11 is 0. The van der Waals surface area contributed by atoms with Crippen LogP contribution in [0.2, 0.25) is 0 Å². The highest BCUT2D eigenvalue weighted by Crippen LogP contribution is 2.73. The van der Waals surface area contributed by atoms with Crippen LogP contribution in [0.25, 0.3) is 6.08 Å². The van der Waals surface area contributed by atoms with Crippen molar-refractivity contribution in [1.82, 2.24) is 14.7 Å². The van der Waals surface area contributed by atoms with Gasteiger partial charge in [-0.25, -0.2) is 4.98 Å². The Balaban J connectivity index is 1.41. The van der Waals surface area contributed by atoms with Crippen molar-refractivity contribution in [3.63, 3.8) is 0 Å². The molecular formula is C17H21N3O3. The van der Waals surface area contributed by atoms with Crippen molar-refractivity contribution in [2.45, 2.75) is 38.8 Å². The van der Waals surface area contributed by atoms with Gasteiger partial charge >= 0.3 is 0 Å². The van der Waals surface area contributed by atoms with Crippen LogP contribution in [-0.2, 0) is 6.54 Å². The predicted octanol–water partition coefficient (Wildman–Crippen LogP) is 2.15. The first-order valence-electron chi connectivity index (χ1n) is 7.98. The van der Waals surface area contributed by atoms with Crippen LogP contribution in [0.5, 0.6) is 0 Å². The molecule has 0 saturated heterocycles. The first-order valence-corrected chi connectivity index (χ1v) is 7.98. The fourth-order valence-electron chi connectivity index (χ4n) is 4.17. The highest BCUT2D eigenvalue weighted by atomic mass is 16.5. The highest BCUT2D eigenvalue weighted by Gasteiger charge is 2.65. The summed E-state index contributed by atoms with van der Waals surface area (Å²) in [5.74, 6) is 1.36. The third-order valence-electron chi connectivity index (χ3n) is 5.15. The van der Waals surface area contributed by atoms with Gasteiger partial charge in [-0.15, -0.1) is 0 Å². The van der Waals surface area contributed by atoms with E-state index in [9.17, 15) is 10.2 Å². The Bertz CT molecular complexity index is 724. The van der Waals surface area contributed by atoms with Crippen molar-refractivity contribution in [2.24, 2.45) is 10.8 Å². The van der Waals surface area contributed by atoms with Gasteiger partial charge in [0.1, 0.15) is 17.6 Å². The van der Waals surface area contributed by atoms with Crippen molar-refractivity contribution in [2.75, 3.05) is 6.61 Å². The van der Waals surface area contributed by atoms with Crippen molar-refractivity contribution in [3.8, 4) is 0 Å². The van der Waals surface area contributed by atoms with Crippen LogP contribution in [0, 0.1) is 10.8 Å². The molecule has 122 valence electrons. The van der Waals surface area contributed by atoms with Gasteiger partial charge in [0.25, 0.3) is 0 Å². The Morgan fingerprint density at radius 2 is 2.22 bits per heavy atom. The largest absolute Gasteiger partial charge is 0.396 e. The summed E-state index contributed by atoms with van der Waals surface area (Å²) in [6.07, 6.45) is 10.3. The summed E-state index contributed by atoms with van der Waals surface area (Å²) in [5.41, 5.74) is 1.30. The number of allylic oxidation sites excluding steroid dienone is 1. The van der Waals surface area contributed by atoms with Crippen molar-refractivity contribution < 1.29 is 14.7 Å². The smallest absolute Gasteiger partial charge is 0.159 e. The lowest BCUT2D eigenvalue weighted by Crippen LogP contribution is -2.62. The maximum Gasteiger partial charge on any atom is 0.159 e. The standard InChI is InChI=1S/C17H21N3O3/c1-12(22)15-18-4-5-20(15)7-13-6-14(23-19-13)2-3-16-8-17(9-16,10-16)11-21/h2-6,12,21-22H,7-11H2,1H3/b3-2-/t12-,16?,17?/m0/s1. The first-order chi connectivity index (χ1) is 11.0. The molecule has 0 aliphatic heterocycles. The van der Waals surface area contributed by atoms with Crippen LogP contribution in [0.4, 0.5) is 0 Å². The van der Waals surface area contributed by atoms with Gasteiger partial charge in [-0.2, -0.15) is 0 Å². The van der Waals surface area contributed by atoms with Gasteiger partial charge in [-0.05, 0) is 43.1 Å². The van der Waals surface area contributed by atoms with Gasteiger partial charge in [0.2, 0.25) is 0 Å². The van der Waals surface area contributed by atoms with Crippen LogP contribution in [-0.4, -0.2) is 31.5 Å². The van der Waals surface area contributed by atoms with E-state index in [-0.39, 0.29) is 10.8 Å². The SMILES string of the molecule is C[C@H](O)c1nccn1Cc1cc(/C=C\C23CC(CO)(C2)C3)on1. The minimum atomic E-state index is -0.612. The highest BCUT2D eigenvalue weighted by molar-refractivity contribution is 5.46. The normalized spacial score (nSPS) is 30.2. The Hall–Kier alpha value is -1.92. The van der Waals surface area contributed by atoms with Crippen molar-refractivity contribution in [3.05, 3.63) is 41.8 Å². The molecule has 1 atom stereocenters. The number of aromatic nitrogens is 3. The summed E-state index contributed by atoms with van der Waals surface area (Å²) in [6, 6.07) is 1.91. The molecule has 0 unspecified atom stereocenters. The second kappa shape index (κ2) is 5.04. The summed E-state index contributed by atoms with van der Waals surface area (Å²) in [5, 5.41) is 23.0.